The van der Waals surface area contributed by atoms with Gasteiger partial charge < -0.3 is 4.74 Å². The maximum absolute atomic E-state index is 14.8. The summed E-state index contributed by atoms with van der Waals surface area (Å²) >= 11 is 0. The zero-order chi connectivity index (χ0) is 23.9. The minimum atomic E-state index is -0.797. The first-order chi connectivity index (χ1) is 16.5. The number of rotatable bonds is 8. The first kappa shape index (κ1) is 25.5. The molecular formula is C31H44F2O. The standard InChI is InChI=1S/C31H44F2O/c1-3-4-23-7-9-24(10-8-23)11-12-25-13-15-26(16-14-25)21-34-29-20-19-28(30(32)31(29)33)27-17-5-22(2)6-18-27/h7,9,11-12,19-20,22-27H,3-6,8,10,13-18,21H2,1-2H3/b12-11+. The second-order valence-corrected chi connectivity index (χ2v) is 11.4. The number of ether oxygens (including phenoxy) is 1. The Morgan fingerprint density at radius 2 is 1.62 bits per heavy atom. The van der Waals surface area contributed by atoms with Gasteiger partial charge in [0.15, 0.2) is 11.6 Å². The van der Waals surface area contributed by atoms with Crippen molar-refractivity contribution in [3.05, 3.63) is 53.6 Å². The van der Waals surface area contributed by atoms with Crippen LogP contribution in [-0.2, 0) is 0 Å². The average Bonchev–Trinajstić information content (AvgIpc) is 2.86. The summed E-state index contributed by atoms with van der Waals surface area (Å²) in [6, 6.07) is 3.42. The maximum Gasteiger partial charge on any atom is 0.200 e. The summed E-state index contributed by atoms with van der Waals surface area (Å²) in [5, 5.41) is 0. The van der Waals surface area contributed by atoms with E-state index in [2.05, 4.69) is 38.2 Å². The summed E-state index contributed by atoms with van der Waals surface area (Å²) in [4.78, 5) is 0. The van der Waals surface area contributed by atoms with Gasteiger partial charge in [-0.15, -0.1) is 0 Å². The lowest BCUT2D eigenvalue weighted by Crippen LogP contribution is -2.20. The molecule has 0 amide bonds. The van der Waals surface area contributed by atoms with Gasteiger partial charge in [-0.1, -0.05) is 63.5 Å². The third-order valence-corrected chi connectivity index (χ3v) is 8.69. The average molecular weight is 471 g/mol. The van der Waals surface area contributed by atoms with Crippen LogP contribution in [0.1, 0.15) is 102 Å². The van der Waals surface area contributed by atoms with Gasteiger partial charge >= 0.3 is 0 Å². The summed E-state index contributed by atoms with van der Waals surface area (Å²) in [6.07, 6.45) is 23.5. The predicted octanol–water partition coefficient (Wildman–Crippen LogP) is 9.38. The van der Waals surface area contributed by atoms with Crippen LogP contribution < -0.4 is 4.74 Å². The quantitative estimate of drug-likeness (QED) is 0.344. The van der Waals surface area contributed by atoms with Crippen molar-refractivity contribution in [1.82, 2.24) is 0 Å². The molecule has 2 atom stereocenters. The SMILES string of the molecule is CCCC1C=CC(/C=C/C2CCC(COc3ccc(C4CCC(C)CC4)c(F)c3F)CC2)CC1. The minimum absolute atomic E-state index is 0.0814. The minimum Gasteiger partial charge on any atom is -0.490 e. The van der Waals surface area contributed by atoms with E-state index in [1.54, 1.807) is 12.1 Å². The van der Waals surface area contributed by atoms with E-state index >= 15 is 0 Å². The van der Waals surface area contributed by atoms with Gasteiger partial charge in [-0.2, -0.15) is 4.39 Å². The van der Waals surface area contributed by atoms with Crippen molar-refractivity contribution < 1.29 is 13.5 Å². The van der Waals surface area contributed by atoms with E-state index in [0.717, 1.165) is 57.3 Å². The summed E-state index contributed by atoms with van der Waals surface area (Å²) in [5.41, 5.74) is 0.540. The van der Waals surface area contributed by atoms with E-state index < -0.39 is 11.6 Å². The summed E-state index contributed by atoms with van der Waals surface area (Å²) < 4.78 is 35.3. The molecule has 34 heavy (non-hydrogen) atoms. The molecule has 3 heteroatoms. The zero-order valence-electron chi connectivity index (χ0n) is 21.3. The molecule has 0 spiro atoms. The van der Waals surface area contributed by atoms with Gasteiger partial charge in [0.1, 0.15) is 0 Å². The van der Waals surface area contributed by atoms with Crippen LogP contribution in [0.15, 0.2) is 36.4 Å². The fraction of sp³-hybridized carbons (Fsp3) is 0.677. The first-order valence-electron chi connectivity index (χ1n) is 14.0. The first-order valence-corrected chi connectivity index (χ1v) is 14.0. The van der Waals surface area contributed by atoms with Crippen LogP contribution in [0.3, 0.4) is 0 Å². The second-order valence-electron chi connectivity index (χ2n) is 11.4. The predicted molar refractivity (Wildman–Crippen MR) is 137 cm³/mol. The molecule has 0 radical (unpaired) electrons. The smallest absolute Gasteiger partial charge is 0.200 e. The topological polar surface area (TPSA) is 9.23 Å². The van der Waals surface area contributed by atoms with Crippen LogP contribution in [0.5, 0.6) is 5.75 Å². The largest absolute Gasteiger partial charge is 0.490 e. The van der Waals surface area contributed by atoms with Crippen molar-refractivity contribution in [2.24, 2.45) is 29.6 Å². The van der Waals surface area contributed by atoms with Crippen LogP contribution >= 0.6 is 0 Å². The molecule has 188 valence electrons. The molecule has 0 bridgehead atoms. The van der Waals surface area contributed by atoms with Gasteiger partial charge in [0, 0.05) is 0 Å². The maximum atomic E-state index is 14.8. The molecule has 0 aromatic heterocycles. The van der Waals surface area contributed by atoms with Crippen LogP contribution in [0, 0.1) is 41.2 Å². The number of hydrogen-bond acceptors (Lipinski definition) is 1. The number of allylic oxidation sites excluding steroid dienone is 4. The second kappa shape index (κ2) is 12.4. The van der Waals surface area contributed by atoms with Crippen molar-refractivity contribution >= 4 is 0 Å². The van der Waals surface area contributed by atoms with Gasteiger partial charge in [-0.25, -0.2) is 4.39 Å². The van der Waals surface area contributed by atoms with Crippen LogP contribution in [0.25, 0.3) is 0 Å². The van der Waals surface area contributed by atoms with Crippen LogP contribution in [0.4, 0.5) is 8.78 Å². The van der Waals surface area contributed by atoms with Gasteiger partial charge in [0.25, 0.3) is 0 Å². The van der Waals surface area contributed by atoms with Gasteiger partial charge in [-0.05, 0) is 105 Å². The molecule has 2 unspecified atom stereocenters. The van der Waals surface area contributed by atoms with E-state index in [4.69, 9.17) is 4.74 Å². The summed E-state index contributed by atoms with van der Waals surface area (Å²) in [5.74, 6) is 1.89. The van der Waals surface area contributed by atoms with E-state index in [-0.39, 0.29) is 11.7 Å². The lowest BCUT2D eigenvalue weighted by Gasteiger charge is -2.28. The molecule has 1 aromatic carbocycles. The van der Waals surface area contributed by atoms with Gasteiger partial charge in [-0.3, -0.25) is 0 Å². The van der Waals surface area contributed by atoms with Crippen LogP contribution in [-0.4, -0.2) is 6.61 Å². The molecular weight excluding hydrogens is 426 g/mol. The molecule has 1 aromatic rings. The summed E-state index contributed by atoms with van der Waals surface area (Å²) in [7, 11) is 0. The molecule has 0 heterocycles. The molecule has 3 aliphatic rings. The van der Waals surface area contributed by atoms with Crippen molar-refractivity contribution in [1.29, 1.82) is 0 Å². The van der Waals surface area contributed by atoms with Crippen LogP contribution in [0.2, 0.25) is 0 Å². The lowest BCUT2D eigenvalue weighted by molar-refractivity contribution is 0.187. The fourth-order valence-corrected chi connectivity index (χ4v) is 6.27. The van der Waals surface area contributed by atoms with E-state index in [1.807, 2.05) is 0 Å². The Balaban J connectivity index is 1.21. The lowest BCUT2D eigenvalue weighted by atomic mass is 9.79. The molecule has 2 fully saturated rings. The molecule has 0 N–H and O–H groups in total. The van der Waals surface area contributed by atoms with Gasteiger partial charge in [0.05, 0.1) is 6.61 Å². The van der Waals surface area contributed by atoms with Gasteiger partial charge in [0.2, 0.25) is 5.82 Å². The number of halogens is 2. The third-order valence-electron chi connectivity index (χ3n) is 8.69. The van der Waals surface area contributed by atoms with E-state index in [0.29, 0.717) is 35.8 Å². The van der Waals surface area contributed by atoms with Crippen molar-refractivity contribution in [2.75, 3.05) is 6.61 Å². The Morgan fingerprint density at radius 3 is 2.29 bits per heavy atom. The van der Waals surface area contributed by atoms with E-state index in [1.165, 1.54) is 25.7 Å². The Morgan fingerprint density at radius 1 is 0.853 bits per heavy atom. The normalized spacial score (nSPS) is 32.2. The molecule has 3 aliphatic carbocycles. The van der Waals surface area contributed by atoms with Crippen molar-refractivity contribution in [3.8, 4) is 5.75 Å². The molecule has 0 saturated heterocycles. The molecule has 1 nitrogen and oxygen atoms in total. The number of benzene rings is 1. The Labute approximate surface area is 206 Å². The van der Waals surface area contributed by atoms with Crippen molar-refractivity contribution in [3.63, 3.8) is 0 Å². The highest BCUT2D eigenvalue weighted by Gasteiger charge is 2.26. The highest BCUT2D eigenvalue weighted by molar-refractivity contribution is 5.33. The third kappa shape index (κ3) is 6.73. The Kier molecular flexibility index (Phi) is 9.25. The Hall–Kier alpha value is -1.64. The monoisotopic (exact) mass is 470 g/mol. The summed E-state index contributed by atoms with van der Waals surface area (Å²) in [6.45, 7) is 4.99. The zero-order valence-corrected chi connectivity index (χ0v) is 21.3. The van der Waals surface area contributed by atoms with Crippen molar-refractivity contribution in [2.45, 2.75) is 96.8 Å². The molecule has 4 rings (SSSR count). The Bertz CT molecular complexity index is 828. The van der Waals surface area contributed by atoms with E-state index in [9.17, 15) is 8.78 Å². The highest BCUT2D eigenvalue weighted by Crippen LogP contribution is 2.39. The molecule has 0 aliphatic heterocycles. The number of hydrogen-bond donors (Lipinski definition) is 0. The fourth-order valence-electron chi connectivity index (χ4n) is 6.27. The molecule has 2 saturated carbocycles. The highest BCUT2D eigenvalue weighted by atomic mass is 19.2.